The van der Waals surface area contributed by atoms with Crippen LogP contribution in [-0.4, -0.2) is 64.3 Å². The number of halogens is 1. The zero-order valence-electron chi connectivity index (χ0n) is 16.3. The lowest BCUT2D eigenvalue weighted by molar-refractivity contribution is -0.152. The summed E-state index contributed by atoms with van der Waals surface area (Å²) in [5.74, 6) is -0.315. The van der Waals surface area contributed by atoms with Crippen molar-refractivity contribution in [2.45, 2.75) is 31.7 Å². The average Bonchev–Trinajstić information content (AvgIpc) is 3.42. The molecule has 0 N–H and O–H groups in total. The van der Waals surface area contributed by atoms with Crippen LogP contribution in [0.1, 0.15) is 25.7 Å². The molecule has 154 valence electrons. The smallest absolute Gasteiger partial charge is 0.328 e. The van der Waals surface area contributed by atoms with Gasteiger partial charge in [-0.05, 0) is 31.7 Å². The van der Waals surface area contributed by atoms with E-state index in [2.05, 4.69) is 15.0 Å². The Morgan fingerprint density at radius 2 is 1.93 bits per heavy atom. The molecule has 1 atom stereocenters. The Labute approximate surface area is 174 Å². The maximum Gasteiger partial charge on any atom is 0.328 e. The Kier molecular flexibility index (Phi) is 5.71. The van der Waals surface area contributed by atoms with E-state index in [0.29, 0.717) is 18.0 Å². The van der Waals surface area contributed by atoms with E-state index in [0.717, 1.165) is 43.7 Å². The van der Waals surface area contributed by atoms with Gasteiger partial charge in [0.25, 0.3) is 0 Å². The summed E-state index contributed by atoms with van der Waals surface area (Å²) in [7, 11) is 1.38. The number of anilines is 1. The van der Waals surface area contributed by atoms with Crippen LogP contribution in [0.25, 0.3) is 5.69 Å². The molecule has 0 radical (unpaired) electrons. The number of ether oxygens (including phenoxy) is 1. The number of aromatic nitrogens is 3. The first-order valence-electron chi connectivity index (χ1n) is 9.86. The Bertz CT molecular complexity index is 894. The van der Waals surface area contributed by atoms with Crippen LogP contribution in [0.2, 0.25) is 5.02 Å². The van der Waals surface area contributed by atoms with Gasteiger partial charge in [-0.1, -0.05) is 11.6 Å². The summed E-state index contributed by atoms with van der Waals surface area (Å²) in [5, 5.41) is 4.87. The summed E-state index contributed by atoms with van der Waals surface area (Å²) >= 11 is 6.02. The van der Waals surface area contributed by atoms with Crippen LogP contribution in [0, 0.1) is 5.92 Å². The fraction of sp³-hybridized carbons (Fsp3) is 0.500. The fourth-order valence-corrected chi connectivity index (χ4v) is 4.40. The first-order chi connectivity index (χ1) is 14.1. The molecular formula is C20H24ClN5O3. The maximum atomic E-state index is 13.0. The van der Waals surface area contributed by atoms with E-state index in [1.807, 2.05) is 12.3 Å². The van der Waals surface area contributed by atoms with E-state index >= 15 is 0 Å². The predicted molar refractivity (Wildman–Crippen MR) is 108 cm³/mol. The number of likely N-dealkylation sites (tertiary alicyclic amines) is 1. The molecule has 0 aromatic carbocycles. The highest BCUT2D eigenvalue weighted by molar-refractivity contribution is 6.30. The van der Waals surface area contributed by atoms with E-state index in [1.54, 1.807) is 28.2 Å². The Morgan fingerprint density at radius 1 is 1.14 bits per heavy atom. The molecule has 2 aliphatic heterocycles. The Hall–Kier alpha value is -2.61. The van der Waals surface area contributed by atoms with Gasteiger partial charge in [-0.15, -0.1) is 0 Å². The Morgan fingerprint density at radius 3 is 2.62 bits per heavy atom. The second kappa shape index (κ2) is 8.41. The Balaban J connectivity index is 1.44. The van der Waals surface area contributed by atoms with E-state index < -0.39 is 6.04 Å². The van der Waals surface area contributed by atoms with Crippen molar-refractivity contribution in [3.63, 3.8) is 0 Å². The summed E-state index contributed by atoms with van der Waals surface area (Å²) in [6.45, 7) is 2.10. The molecule has 0 spiro atoms. The summed E-state index contributed by atoms with van der Waals surface area (Å²) in [4.78, 5) is 33.2. The molecule has 0 unspecified atom stereocenters. The maximum absolute atomic E-state index is 13.0. The van der Waals surface area contributed by atoms with Crippen LogP contribution in [0.4, 0.5) is 5.69 Å². The van der Waals surface area contributed by atoms with Crippen LogP contribution >= 0.6 is 11.6 Å². The van der Waals surface area contributed by atoms with Gasteiger partial charge in [-0.3, -0.25) is 9.78 Å². The number of methoxy groups -OCH3 is 1. The fourth-order valence-electron chi connectivity index (χ4n) is 4.26. The van der Waals surface area contributed by atoms with Crippen molar-refractivity contribution in [1.82, 2.24) is 19.7 Å². The minimum Gasteiger partial charge on any atom is -0.467 e. The van der Waals surface area contributed by atoms with Crippen molar-refractivity contribution < 1.29 is 14.3 Å². The number of carbonyl (C=O) groups excluding carboxylic acids is 2. The SMILES string of the molecule is COC(=O)[C@@H]1CCCN1C(=O)C1CCN(c2cnccc2-n2cc(Cl)cn2)CC1. The zero-order chi connectivity index (χ0) is 20.4. The highest BCUT2D eigenvalue weighted by Crippen LogP contribution is 2.30. The lowest BCUT2D eigenvalue weighted by Crippen LogP contribution is -2.47. The molecule has 2 fully saturated rings. The van der Waals surface area contributed by atoms with Crippen molar-refractivity contribution in [3.05, 3.63) is 35.9 Å². The summed E-state index contributed by atoms with van der Waals surface area (Å²) in [5.41, 5.74) is 1.87. The molecule has 2 saturated heterocycles. The van der Waals surface area contributed by atoms with Crippen LogP contribution in [0.3, 0.4) is 0 Å². The van der Waals surface area contributed by atoms with Crippen molar-refractivity contribution in [2.24, 2.45) is 5.92 Å². The lowest BCUT2D eigenvalue weighted by atomic mass is 9.94. The molecule has 2 aliphatic rings. The number of pyridine rings is 1. The number of rotatable bonds is 4. The number of hydrogen-bond acceptors (Lipinski definition) is 6. The molecule has 9 heteroatoms. The first-order valence-corrected chi connectivity index (χ1v) is 10.2. The molecule has 4 rings (SSSR count). The van der Waals surface area contributed by atoms with Crippen molar-refractivity contribution >= 4 is 29.2 Å². The average molecular weight is 418 g/mol. The first kappa shape index (κ1) is 19.7. The summed E-state index contributed by atoms with van der Waals surface area (Å²) in [6.07, 6.45) is 9.90. The topological polar surface area (TPSA) is 80.6 Å². The third kappa shape index (κ3) is 3.94. The number of esters is 1. The molecule has 8 nitrogen and oxygen atoms in total. The third-order valence-electron chi connectivity index (χ3n) is 5.77. The van der Waals surface area contributed by atoms with Gasteiger partial charge < -0.3 is 14.5 Å². The second-order valence-electron chi connectivity index (χ2n) is 7.44. The van der Waals surface area contributed by atoms with Crippen LogP contribution in [-0.2, 0) is 14.3 Å². The molecule has 0 saturated carbocycles. The van der Waals surface area contributed by atoms with E-state index in [4.69, 9.17) is 16.3 Å². The van der Waals surface area contributed by atoms with Gasteiger partial charge in [-0.2, -0.15) is 5.10 Å². The molecular weight excluding hydrogens is 394 g/mol. The number of amides is 1. The molecule has 0 bridgehead atoms. The summed E-state index contributed by atoms with van der Waals surface area (Å²) in [6, 6.07) is 1.47. The molecule has 29 heavy (non-hydrogen) atoms. The number of piperidine rings is 1. The van der Waals surface area contributed by atoms with Gasteiger partial charge in [0.1, 0.15) is 6.04 Å². The number of carbonyl (C=O) groups is 2. The van der Waals surface area contributed by atoms with Gasteiger partial charge in [0, 0.05) is 37.9 Å². The van der Waals surface area contributed by atoms with Gasteiger partial charge in [0.05, 0.1) is 35.9 Å². The van der Waals surface area contributed by atoms with E-state index in [1.165, 1.54) is 7.11 Å². The summed E-state index contributed by atoms with van der Waals surface area (Å²) < 4.78 is 6.61. The quantitative estimate of drug-likeness (QED) is 0.710. The van der Waals surface area contributed by atoms with Gasteiger partial charge >= 0.3 is 5.97 Å². The predicted octanol–water partition coefficient (Wildman–Crippen LogP) is 2.30. The van der Waals surface area contributed by atoms with Crippen molar-refractivity contribution in [3.8, 4) is 5.69 Å². The molecule has 2 aromatic heterocycles. The lowest BCUT2D eigenvalue weighted by Gasteiger charge is -2.36. The molecule has 1 amide bonds. The van der Waals surface area contributed by atoms with E-state index in [-0.39, 0.29) is 17.8 Å². The van der Waals surface area contributed by atoms with E-state index in [9.17, 15) is 9.59 Å². The number of nitrogens with zero attached hydrogens (tertiary/aromatic N) is 5. The third-order valence-corrected chi connectivity index (χ3v) is 5.96. The van der Waals surface area contributed by atoms with Gasteiger partial charge in [0.15, 0.2) is 0 Å². The normalized spacial score (nSPS) is 20.1. The van der Waals surface area contributed by atoms with Crippen LogP contribution in [0.5, 0.6) is 0 Å². The van der Waals surface area contributed by atoms with Crippen molar-refractivity contribution in [1.29, 1.82) is 0 Å². The molecule has 4 heterocycles. The zero-order valence-corrected chi connectivity index (χ0v) is 17.1. The highest BCUT2D eigenvalue weighted by atomic mass is 35.5. The van der Waals surface area contributed by atoms with Crippen molar-refractivity contribution in [2.75, 3.05) is 31.6 Å². The molecule has 0 aliphatic carbocycles. The monoisotopic (exact) mass is 417 g/mol. The van der Waals surface area contributed by atoms with Gasteiger partial charge in [0.2, 0.25) is 5.91 Å². The van der Waals surface area contributed by atoms with Crippen LogP contribution in [0.15, 0.2) is 30.9 Å². The minimum atomic E-state index is -0.431. The van der Waals surface area contributed by atoms with Crippen LogP contribution < -0.4 is 4.90 Å². The highest BCUT2D eigenvalue weighted by Gasteiger charge is 2.38. The standard InChI is InChI=1S/C20H24ClN5O3/c1-29-20(28)17-3-2-8-25(17)19(27)14-5-9-24(10-6-14)18-12-22-7-4-16(18)26-13-15(21)11-23-26/h4,7,11-14,17H,2-3,5-6,8-10H2,1H3/t17-/m0/s1. The molecule has 2 aromatic rings. The second-order valence-corrected chi connectivity index (χ2v) is 7.88. The van der Waals surface area contributed by atoms with Gasteiger partial charge in [-0.25, -0.2) is 9.48 Å². The number of hydrogen-bond donors (Lipinski definition) is 0. The largest absolute Gasteiger partial charge is 0.467 e. The minimum absolute atomic E-state index is 0.0721.